The van der Waals surface area contributed by atoms with Crippen LogP contribution in [0.3, 0.4) is 0 Å². The van der Waals surface area contributed by atoms with Gasteiger partial charge in [0.05, 0.1) is 5.57 Å². The highest BCUT2D eigenvalue weighted by atomic mass is 16.5. The number of nitrogens with two attached hydrogens (primary N) is 2. The maximum atomic E-state index is 11.1. The smallest absolute Gasteiger partial charge is 0.340 e. The molecule has 0 bridgehead atoms. The van der Waals surface area contributed by atoms with Gasteiger partial charge in [0.25, 0.3) is 0 Å². The summed E-state index contributed by atoms with van der Waals surface area (Å²) in [6.07, 6.45) is 0. The van der Waals surface area contributed by atoms with Crippen LogP contribution in [0.1, 0.15) is 27.7 Å². The van der Waals surface area contributed by atoms with Crippen molar-refractivity contribution in [2.75, 3.05) is 6.61 Å². The lowest BCUT2D eigenvalue weighted by atomic mass is 10.1. The first-order valence-electron chi connectivity index (χ1n) is 4.63. The Morgan fingerprint density at radius 3 is 2.00 bits per heavy atom. The van der Waals surface area contributed by atoms with Crippen LogP contribution in [0.5, 0.6) is 0 Å². The number of ether oxygens (including phenoxy) is 1. The minimum Gasteiger partial charge on any atom is -0.457 e. The van der Waals surface area contributed by atoms with Crippen LogP contribution in [0.4, 0.5) is 0 Å². The zero-order valence-corrected chi connectivity index (χ0v) is 9.18. The Hall–Kier alpha value is -1.45. The van der Waals surface area contributed by atoms with Gasteiger partial charge in [0.2, 0.25) is 0 Å². The van der Waals surface area contributed by atoms with E-state index < -0.39 is 0 Å². The Labute approximate surface area is 84.6 Å². The topological polar surface area (TPSA) is 78.3 Å². The van der Waals surface area contributed by atoms with Crippen LogP contribution in [0, 0.1) is 0 Å². The van der Waals surface area contributed by atoms with E-state index in [9.17, 15) is 4.79 Å². The van der Waals surface area contributed by atoms with E-state index in [1.54, 1.807) is 13.8 Å². The summed E-state index contributed by atoms with van der Waals surface area (Å²) in [5.41, 5.74) is 13.2. The van der Waals surface area contributed by atoms with Crippen molar-refractivity contribution >= 4 is 5.97 Å². The van der Waals surface area contributed by atoms with Gasteiger partial charge in [-0.1, -0.05) is 13.8 Å². The molecule has 14 heavy (non-hydrogen) atoms. The van der Waals surface area contributed by atoms with E-state index in [0.29, 0.717) is 22.5 Å². The summed E-state index contributed by atoms with van der Waals surface area (Å²) in [4.78, 5) is 11.1. The molecule has 1 heterocycles. The molecule has 0 spiro atoms. The fourth-order valence-electron chi connectivity index (χ4n) is 1.12. The summed E-state index contributed by atoms with van der Waals surface area (Å²) >= 11 is 0. The third-order valence-corrected chi connectivity index (χ3v) is 1.72. The number of hydrogen-bond donors (Lipinski definition) is 2. The lowest BCUT2D eigenvalue weighted by Gasteiger charge is -1.99. The molecular weight excluding hydrogens is 180 g/mol. The van der Waals surface area contributed by atoms with Crippen LogP contribution in [0.2, 0.25) is 0 Å². The van der Waals surface area contributed by atoms with Crippen molar-refractivity contribution in [2.24, 2.45) is 11.5 Å². The molecule has 0 aromatic rings. The Morgan fingerprint density at radius 2 is 1.71 bits per heavy atom. The maximum Gasteiger partial charge on any atom is 0.340 e. The highest BCUT2D eigenvalue weighted by Crippen LogP contribution is 2.23. The lowest BCUT2D eigenvalue weighted by molar-refractivity contribution is -0.135. The van der Waals surface area contributed by atoms with E-state index in [1.165, 1.54) is 0 Å². The number of cyclic esters (lactones) is 1. The van der Waals surface area contributed by atoms with Gasteiger partial charge >= 0.3 is 5.97 Å². The highest BCUT2D eigenvalue weighted by molar-refractivity contribution is 5.97. The van der Waals surface area contributed by atoms with Gasteiger partial charge in [0.1, 0.15) is 6.61 Å². The number of allylic oxidation sites excluding steroid dienone is 2. The second kappa shape index (κ2) is 5.32. The van der Waals surface area contributed by atoms with E-state index in [-0.39, 0.29) is 12.6 Å². The van der Waals surface area contributed by atoms with E-state index >= 15 is 0 Å². The fraction of sp³-hybridized carbons (Fsp3) is 0.500. The molecule has 1 rings (SSSR count). The highest BCUT2D eigenvalue weighted by Gasteiger charge is 2.27. The average molecular weight is 198 g/mol. The van der Waals surface area contributed by atoms with Gasteiger partial charge in [0.15, 0.2) is 0 Å². The SMILES string of the molecule is C/C(N)=C1\COC(=O)\C1=C(/C)N.CC. The first-order chi connectivity index (χ1) is 6.54. The molecule has 0 unspecified atom stereocenters. The standard InChI is InChI=1S/C8H12N2O2.C2H6/c1-4(9)6-3-12-8(11)7(6)5(2)10;1-2/h3,9-10H2,1-2H3;1-2H3/b6-4-,7-5+;. The van der Waals surface area contributed by atoms with E-state index in [1.807, 2.05) is 13.8 Å². The number of carbonyl (C=O) groups is 1. The van der Waals surface area contributed by atoms with Gasteiger partial charge in [-0.15, -0.1) is 0 Å². The molecule has 1 aliphatic rings. The number of hydrogen-bond acceptors (Lipinski definition) is 4. The molecule has 4 nitrogen and oxygen atoms in total. The molecule has 1 saturated heterocycles. The summed E-state index contributed by atoms with van der Waals surface area (Å²) in [6.45, 7) is 7.62. The minimum absolute atomic E-state index is 0.241. The molecule has 1 fully saturated rings. The number of esters is 1. The molecule has 0 aromatic carbocycles. The third kappa shape index (κ3) is 2.52. The van der Waals surface area contributed by atoms with E-state index in [4.69, 9.17) is 16.2 Å². The van der Waals surface area contributed by atoms with Crippen LogP contribution in [0.15, 0.2) is 22.5 Å². The second-order valence-corrected chi connectivity index (χ2v) is 2.80. The predicted molar refractivity (Wildman–Crippen MR) is 56.1 cm³/mol. The molecule has 4 N–H and O–H groups in total. The van der Waals surface area contributed by atoms with Crippen molar-refractivity contribution in [1.82, 2.24) is 0 Å². The first kappa shape index (κ1) is 12.6. The monoisotopic (exact) mass is 198 g/mol. The summed E-state index contributed by atoms with van der Waals surface area (Å²) < 4.78 is 4.79. The Kier molecular flexibility index (Phi) is 4.77. The Morgan fingerprint density at radius 1 is 1.21 bits per heavy atom. The van der Waals surface area contributed by atoms with Crippen molar-refractivity contribution in [3.05, 3.63) is 22.5 Å². The average Bonchev–Trinajstić information content (AvgIpc) is 2.50. The molecular formula is C10H18N2O2. The zero-order valence-electron chi connectivity index (χ0n) is 9.18. The van der Waals surface area contributed by atoms with Crippen LogP contribution < -0.4 is 11.5 Å². The van der Waals surface area contributed by atoms with Crippen molar-refractivity contribution < 1.29 is 9.53 Å². The largest absolute Gasteiger partial charge is 0.457 e. The van der Waals surface area contributed by atoms with Crippen LogP contribution in [0.25, 0.3) is 0 Å². The number of carbonyl (C=O) groups excluding carboxylic acids is 1. The quantitative estimate of drug-likeness (QED) is 0.450. The molecule has 0 saturated carbocycles. The van der Waals surface area contributed by atoms with Gasteiger partial charge in [-0.2, -0.15) is 0 Å². The van der Waals surface area contributed by atoms with Crippen molar-refractivity contribution in [1.29, 1.82) is 0 Å². The summed E-state index contributed by atoms with van der Waals surface area (Å²) in [5, 5.41) is 0. The van der Waals surface area contributed by atoms with Crippen LogP contribution in [-0.2, 0) is 9.53 Å². The third-order valence-electron chi connectivity index (χ3n) is 1.72. The van der Waals surface area contributed by atoms with E-state index in [2.05, 4.69) is 0 Å². The summed E-state index contributed by atoms with van der Waals surface area (Å²) in [7, 11) is 0. The second-order valence-electron chi connectivity index (χ2n) is 2.80. The molecule has 0 radical (unpaired) electrons. The molecule has 0 aliphatic carbocycles. The van der Waals surface area contributed by atoms with Gasteiger partial charge in [-0.25, -0.2) is 4.79 Å². The first-order valence-corrected chi connectivity index (χ1v) is 4.63. The molecule has 4 heteroatoms. The molecule has 0 atom stereocenters. The number of rotatable bonds is 0. The predicted octanol–water partition coefficient (Wildman–Crippen LogP) is 1.03. The van der Waals surface area contributed by atoms with Gasteiger partial charge < -0.3 is 16.2 Å². The van der Waals surface area contributed by atoms with Crippen LogP contribution in [-0.4, -0.2) is 12.6 Å². The molecule has 0 aromatic heterocycles. The lowest BCUT2D eigenvalue weighted by Crippen LogP contribution is -2.07. The van der Waals surface area contributed by atoms with Gasteiger partial charge in [0, 0.05) is 17.0 Å². The van der Waals surface area contributed by atoms with E-state index in [0.717, 1.165) is 0 Å². The Balaban J connectivity index is 0.000000791. The van der Waals surface area contributed by atoms with Crippen molar-refractivity contribution in [2.45, 2.75) is 27.7 Å². The van der Waals surface area contributed by atoms with Crippen molar-refractivity contribution in [3.63, 3.8) is 0 Å². The van der Waals surface area contributed by atoms with Crippen molar-refractivity contribution in [3.8, 4) is 0 Å². The molecule has 0 amide bonds. The Bertz CT molecular complexity index is 282. The van der Waals surface area contributed by atoms with Gasteiger partial charge in [-0.3, -0.25) is 0 Å². The molecule has 1 aliphatic heterocycles. The van der Waals surface area contributed by atoms with Gasteiger partial charge in [-0.05, 0) is 13.8 Å². The summed E-state index contributed by atoms with van der Waals surface area (Å²) in [6, 6.07) is 0. The van der Waals surface area contributed by atoms with Crippen LogP contribution >= 0.6 is 0 Å². The normalized spacial score (nSPS) is 22.1. The summed E-state index contributed by atoms with van der Waals surface area (Å²) in [5.74, 6) is -0.380. The molecule has 80 valence electrons. The fourth-order valence-corrected chi connectivity index (χ4v) is 1.12. The minimum atomic E-state index is -0.380. The maximum absolute atomic E-state index is 11.1. The zero-order chi connectivity index (χ0) is 11.3.